The number of allylic oxidation sites excluding steroid dienone is 4. The maximum Gasteiger partial charge on any atom is 0.303 e. The van der Waals surface area contributed by atoms with Crippen LogP contribution in [0.15, 0.2) is 22.7 Å². The molecule has 0 spiro atoms. The van der Waals surface area contributed by atoms with Crippen LogP contribution in [0.2, 0.25) is 0 Å². The molecule has 0 aliphatic rings. The molecule has 0 fully saturated rings. The van der Waals surface area contributed by atoms with E-state index in [1.807, 2.05) is 0 Å². The number of halogens is 1. The van der Waals surface area contributed by atoms with E-state index in [2.05, 4.69) is 48.0 Å². The quantitative estimate of drug-likeness (QED) is 0.175. The van der Waals surface area contributed by atoms with Crippen molar-refractivity contribution in [1.82, 2.24) is 0 Å². The van der Waals surface area contributed by atoms with Gasteiger partial charge in [0.25, 0.3) is 0 Å². The normalized spacial score (nSPS) is 12.4. The van der Waals surface area contributed by atoms with Crippen LogP contribution >= 0.6 is 15.9 Å². The topological polar surface area (TPSA) is 37.3 Å². The zero-order valence-electron chi connectivity index (χ0n) is 17.1. The highest BCUT2D eigenvalue weighted by Crippen LogP contribution is 2.16. The maximum atomic E-state index is 10.4. The first-order valence-corrected chi connectivity index (χ1v) is 11.5. The fraction of sp³-hybridized carbons (Fsp3) is 0.783. The van der Waals surface area contributed by atoms with Gasteiger partial charge in [-0.05, 0) is 48.9 Å². The van der Waals surface area contributed by atoms with E-state index in [-0.39, 0.29) is 6.42 Å². The molecule has 0 bridgehead atoms. The number of hydrogen-bond acceptors (Lipinski definition) is 1. The second kappa shape index (κ2) is 19.2. The summed E-state index contributed by atoms with van der Waals surface area (Å²) in [6.45, 7) is 4.63. The Bertz CT molecular complexity index is 386. The Balaban J connectivity index is 3.33. The lowest BCUT2D eigenvalue weighted by molar-refractivity contribution is -0.137. The van der Waals surface area contributed by atoms with Crippen LogP contribution in [0.1, 0.15) is 110 Å². The number of rotatable bonds is 18. The van der Waals surface area contributed by atoms with Crippen LogP contribution in [0.3, 0.4) is 0 Å². The number of carboxylic acids is 1. The molecule has 0 atom stereocenters. The van der Waals surface area contributed by atoms with Crippen LogP contribution in [-0.4, -0.2) is 11.1 Å². The first-order chi connectivity index (χ1) is 12.5. The molecule has 26 heavy (non-hydrogen) atoms. The van der Waals surface area contributed by atoms with Gasteiger partial charge in [-0.15, -0.1) is 0 Å². The largest absolute Gasteiger partial charge is 0.481 e. The van der Waals surface area contributed by atoms with Gasteiger partial charge >= 0.3 is 5.97 Å². The van der Waals surface area contributed by atoms with Gasteiger partial charge in [0.15, 0.2) is 0 Å². The molecule has 0 unspecified atom stereocenters. The summed E-state index contributed by atoms with van der Waals surface area (Å²) in [6, 6.07) is 0. The van der Waals surface area contributed by atoms with Crippen molar-refractivity contribution in [2.45, 2.75) is 110 Å². The maximum absolute atomic E-state index is 10.4. The molecule has 2 nitrogen and oxygen atoms in total. The molecule has 0 radical (unpaired) electrons. The van der Waals surface area contributed by atoms with Gasteiger partial charge in [-0.2, -0.15) is 0 Å². The highest BCUT2D eigenvalue weighted by molar-refractivity contribution is 9.11. The van der Waals surface area contributed by atoms with Crippen LogP contribution in [0, 0.1) is 5.92 Å². The Hall–Kier alpha value is -0.570. The molecule has 0 amide bonds. The van der Waals surface area contributed by atoms with E-state index in [1.54, 1.807) is 0 Å². The van der Waals surface area contributed by atoms with Crippen molar-refractivity contribution in [1.29, 1.82) is 0 Å². The predicted octanol–water partition coefficient (Wildman–Crippen LogP) is 8.41. The molecule has 0 aliphatic heterocycles. The lowest BCUT2D eigenvalue weighted by atomic mass is 10.0. The lowest BCUT2D eigenvalue weighted by Gasteiger charge is -2.04. The van der Waals surface area contributed by atoms with Crippen molar-refractivity contribution in [2.75, 3.05) is 0 Å². The molecule has 0 saturated carbocycles. The highest BCUT2D eigenvalue weighted by atomic mass is 79.9. The van der Waals surface area contributed by atoms with Crippen molar-refractivity contribution >= 4 is 21.9 Å². The van der Waals surface area contributed by atoms with Gasteiger partial charge in [0.05, 0.1) is 0 Å². The van der Waals surface area contributed by atoms with Crippen LogP contribution in [-0.2, 0) is 4.79 Å². The Morgan fingerprint density at radius 3 is 2.00 bits per heavy atom. The zero-order chi connectivity index (χ0) is 19.5. The summed E-state index contributed by atoms with van der Waals surface area (Å²) in [4.78, 5) is 10.4. The minimum absolute atomic E-state index is 0.259. The van der Waals surface area contributed by atoms with Gasteiger partial charge < -0.3 is 5.11 Å². The van der Waals surface area contributed by atoms with E-state index < -0.39 is 5.97 Å². The third kappa shape index (κ3) is 21.5. The molecule has 0 aliphatic carbocycles. The summed E-state index contributed by atoms with van der Waals surface area (Å²) >= 11 is 3.57. The second-order valence-electron chi connectivity index (χ2n) is 7.75. The van der Waals surface area contributed by atoms with Gasteiger partial charge in [-0.1, -0.05) is 99.4 Å². The van der Waals surface area contributed by atoms with Crippen LogP contribution in [0.25, 0.3) is 0 Å². The van der Waals surface area contributed by atoms with Crippen LogP contribution in [0.5, 0.6) is 0 Å². The average molecular weight is 429 g/mol. The summed E-state index contributed by atoms with van der Waals surface area (Å²) in [6.07, 6.45) is 24.4. The van der Waals surface area contributed by atoms with E-state index in [9.17, 15) is 4.79 Å². The van der Waals surface area contributed by atoms with Gasteiger partial charge in [-0.25, -0.2) is 0 Å². The number of unbranched alkanes of at least 4 members (excludes halogenated alkanes) is 9. The minimum atomic E-state index is -0.709. The fourth-order valence-electron chi connectivity index (χ4n) is 2.95. The van der Waals surface area contributed by atoms with E-state index in [0.29, 0.717) is 0 Å². The van der Waals surface area contributed by atoms with Gasteiger partial charge in [0.1, 0.15) is 0 Å². The molecular formula is C23H41BrO2. The monoisotopic (exact) mass is 428 g/mol. The van der Waals surface area contributed by atoms with Gasteiger partial charge in [-0.3, -0.25) is 4.79 Å². The van der Waals surface area contributed by atoms with Crippen molar-refractivity contribution in [2.24, 2.45) is 5.92 Å². The van der Waals surface area contributed by atoms with Crippen LogP contribution in [0.4, 0.5) is 0 Å². The number of hydrogen-bond donors (Lipinski definition) is 1. The van der Waals surface area contributed by atoms with Crippen molar-refractivity contribution < 1.29 is 9.90 Å². The number of carboxylic acid groups (broad SMARTS) is 1. The second-order valence-corrected chi connectivity index (χ2v) is 8.77. The minimum Gasteiger partial charge on any atom is -0.481 e. The summed E-state index contributed by atoms with van der Waals surface area (Å²) in [5.74, 6) is 0.156. The van der Waals surface area contributed by atoms with Gasteiger partial charge in [0.2, 0.25) is 0 Å². The average Bonchev–Trinajstić information content (AvgIpc) is 2.58. The molecule has 152 valence electrons. The summed E-state index contributed by atoms with van der Waals surface area (Å²) in [7, 11) is 0. The molecule has 0 heterocycles. The van der Waals surface area contributed by atoms with E-state index in [0.717, 1.165) is 31.6 Å². The SMILES string of the molecule is CC(C)CCCCCCCCCC/C=C\CC/C(Br)=C\CCCC(=O)O. The number of carbonyl (C=O) groups is 1. The molecule has 0 rings (SSSR count). The molecule has 0 aromatic carbocycles. The molecule has 0 aromatic rings. The summed E-state index contributed by atoms with van der Waals surface area (Å²) in [5.41, 5.74) is 0. The third-order valence-electron chi connectivity index (χ3n) is 4.58. The number of aliphatic carboxylic acids is 1. The van der Waals surface area contributed by atoms with E-state index in [1.165, 1.54) is 68.7 Å². The van der Waals surface area contributed by atoms with E-state index in [4.69, 9.17) is 5.11 Å². The highest BCUT2D eigenvalue weighted by Gasteiger charge is 1.96. The molecule has 3 heteroatoms. The first-order valence-electron chi connectivity index (χ1n) is 10.7. The zero-order valence-corrected chi connectivity index (χ0v) is 18.7. The lowest BCUT2D eigenvalue weighted by Crippen LogP contribution is -1.92. The Morgan fingerprint density at radius 1 is 0.808 bits per heavy atom. The smallest absolute Gasteiger partial charge is 0.303 e. The van der Waals surface area contributed by atoms with Crippen LogP contribution < -0.4 is 0 Å². The molecule has 1 N–H and O–H groups in total. The fourth-order valence-corrected chi connectivity index (χ4v) is 3.40. The Labute approximate surface area is 170 Å². The van der Waals surface area contributed by atoms with Crippen molar-refractivity contribution in [3.8, 4) is 0 Å². The Morgan fingerprint density at radius 2 is 1.38 bits per heavy atom. The predicted molar refractivity (Wildman–Crippen MR) is 118 cm³/mol. The molecule has 0 saturated heterocycles. The van der Waals surface area contributed by atoms with Gasteiger partial charge in [0, 0.05) is 6.42 Å². The molecule has 0 aromatic heterocycles. The standard InChI is InChI=1S/C23H41BrO2/c1-21(2)17-13-11-9-7-5-3-4-6-8-10-12-14-18-22(24)19-15-16-20-23(25)26/h10,12,19,21H,3-9,11,13-18,20H2,1-2H3,(H,25,26)/b12-10-,22-19+. The third-order valence-corrected chi connectivity index (χ3v) is 5.30. The first kappa shape index (κ1) is 25.4. The van der Waals surface area contributed by atoms with Crippen molar-refractivity contribution in [3.05, 3.63) is 22.7 Å². The Kier molecular flexibility index (Phi) is 18.8. The van der Waals surface area contributed by atoms with E-state index >= 15 is 0 Å². The van der Waals surface area contributed by atoms with Crippen molar-refractivity contribution in [3.63, 3.8) is 0 Å². The molecular weight excluding hydrogens is 388 g/mol. The summed E-state index contributed by atoms with van der Waals surface area (Å²) < 4.78 is 1.20. The summed E-state index contributed by atoms with van der Waals surface area (Å²) in [5, 5.41) is 8.59.